The summed E-state index contributed by atoms with van der Waals surface area (Å²) in [5, 5.41) is 54.0. The molecular formula is C63H76N4O3. The molecule has 0 radical (unpaired) electrons. The van der Waals surface area contributed by atoms with Crippen molar-refractivity contribution in [2.75, 3.05) is 31.1 Å². The van der Waals surface area contributed by atoms with Gasteiger partial charge in [-0.1, -0.05) is 184 Å². The van der Waals surface area contributed by atoms with Crippen molar-refractivity contribution in [3.8, 4) is 17.6 Å². The van der Waals surface area contributed by atoms with E-state index in [-0.39, 0.29) is 39.7 Å². The quantitative estimate of drug-likeness (QED) is 0.0186. The van der Waals surface area contributed by atoms with Crippen LogP contribution in [-0.4, -0.2) is 46.7 Å². The molecule has 5 aromatic rings. The number of phenols is 2. The maximum atomic E-state index is 15.8. The van der Waals surface area contributed by atoms with E-state index in [0.717, 1.165) is 122 Å². The van der Waals surface area contributed by atoms with Gasteiger partial charge in [0.05, 0.1) is 29.5 Å². The van der Waals surface area contributed by atoms with Crippen LogP contribution in [0.2, 0.25) is 0 Å². The van der Waals surface area contributed by atoms with Gasteiger partial charge < -0.3 is 20.2 Å². The maximum Gasteiger partial charge on any atom is 0.270 e. The maximum absolute atomic E-state index is 15.8. The van der Waals surface area contributed by atoms with Gasteiger partial charge in [-0.25, -0.2) is 14.7 Å². The highest BCUT2D eigenvalue weighted by molar-refractivity contribution is 6.26. The highest BCUT2D eigenvalue weighted by Crippen LogP contribution is 2.57. The van der Waals surface area contributed by atoms with Crippen molar-refractivity contribution in [3.05, 3.63) is 147 Å². The number of unbranched alkanes of at least 4 members (excludes halogenated alkanes) is 16. The van der Waals surface area contributed by atoms with E-state index in [1.807, 2.05) is 48.5 Å². The number of nitrogens with zero attached hydrogens (tertiary/aromatic N) is 4. The number of aromatic hydroxyl groups is 2. The number of anilines is 1. The Labute approximate surface area is 419 Å². The Morgan fingerprint density at radius 1 is 0.557 bits per heavy atom. The first-order valence-corrected chi connectivity index (χ1v) is 27.0. The Morgan fingerprint density at radius 2 is 1.06 bits per heavy atom. The van der Waals surface area contributed by atoms with E-state index in [9.17, 15) is 15.5 Å². The summed E-state index contributed by atoms with van der Waals surface area (Å²) in [5.41, 5.74) is 6.86. The number of fused-ring (bicyclic) bond motifs is 4. The predicted octanol–water partition coefficient (Wildman–Crippen LogP) is 15.5. The lowest BCUT2D eigenvalue weighted by Crippen LogP contribution is -2.31. The van der Waals surface area contributed by atoms with Crippen LogP contribution in [0.1, 0.15) is 184 Å². The standard InChI is InChI=1S/C63H76N4O3/c1-6-10-14-18-26-40-66(41-27-19-15-11-7-2)61-47-34-24-22-32-45(47)56(54-49(61)36-30-38-52(54)68)59-58(51(44-64)65-5)60(63(59)70)57-46-33-23-25-35-48(46)62(50-37-31-39-53(69)55(50)57)67(42-28-20-16-12-8-3)43-29-21-17-13-9-4/h22-25,30-39H,6-21,26-29,40-43H2,1-4H3,(H2-,68,69,70). The molecule has 0 saturated carbocycles. The minimum Gasteiger partial charge on any atom is -0.872 e. The predicted molar refractivity (Wildman–Crippen MR) is 290 cm³/mol. The zero-order valence-electron chi connectivity index (χ0n) is 42.6. The number of benzene rings is 5. The van der Waals surface area contributed by atoms with Crippen LogP contribution in [-0.2, 0) is 0 Å². The number of allylic oxidation sites excluding steroid dienone is 3. The Kier molecular flexibility index (Phi) is 18.8. The zero-order chi connectivity index (χ0) is 49.4. The second-order valence-electron chi connectivity index (χ2n) is 19.6. The minimum absolute atomic E-state index is 0.0436. The van der Waals surface area contributed by atoms with E-state index in [1.165, 1.54) is 77.0 Å². The highest BCUT2D eigenvalue weighted by Gasteiger charge is 2.40. The normalized spacial score (nSPS) is 14.9. The molecule has 0 amide bonds. The fraction of sp³-hybridized carbons (Fsp3) is 0.444. The smallest absolute Gasteiger partial charge is 0.270 e. The molecule has 2 aliphatic carbocycles. The Bertz CT molecular complexity index is 2800. The lowest BCUT2D eigenvalue weighted by molar-refractivity contribution is -0.528. The van der Waals surface area contributed by atoms with E-state index >= 15 is 5.11 Å². The molecule has 7 rings (SSSR count). The molecule has 0 unspecified atom stereocenters. The minimum atomic E-state index is -0.316. The molecule has 0 spiro atoms. The molecule has 2 N–H and O–H groups in total. The number of nitriles is 1. The molecule has 0 fully saturated rings. The molecule has 0 atom stereocenters. The van der Waals surface area contributed by atoms with Gasteiger partial charge in [0.2, 0.25) is 5.71 Å². The fourth-order valence-corrected chi connectivity index (χ4v) is 11.1. The number of hydrogen-bond acceptors (Lipinski definition) is 5. The lowest BCUT2D eigenvalue weighted by Gasteiger charge is -2.41. The first-order chi connectivity index (χ1) is 34.4. The van der Waals surface area contributed by atoms with Crippen molar-refractivity contribution in [1.82, 2.24) is 0 Å². The van der Waals surface area contributed by atoms with Gasteiger partial charge in [0.25, 0.3) is 5.70 Å². The van der Waals surface area contributed by atoms with Gasteiger partial charge in [0, 0.05) is 58.8 Å². The Morgan fingerprint density at radius 3 is 1.64 bits per heavy atom. The van der Waals surface area contributed by atoms with Gasteiger partial charge >= 0.3 is 0 Å². The molecular weight excluding hydrogens is 861 g/mol. The highest BCUT2D eigenvalue weighted by atomic mass is 16.3. The first-order valence-electron chi connectivity index (χ1n) is 27.0. The monoisotopic (exact) mass is 937 g/mol. The van der Waals surface area contributed by atoms with Crippen LogP contribution in [0.15, 0.2) is 108 Å². The van der Waals surface area contributed by atoms with Crippen molar-refractivity contribution in [2.24, 2.45) is 0 Å². The molecule has 0 aliphatic heterocycles. The second-order valence-corrected chi connectivity index (χ2v) is 19.6. The Hall–Kier alpha value is -6.31. The summed E-state index contributed by atoms with van der Waals surface area (Å²) >= 11 is 0. The molecule has 0 saturated heterocycles. The van der Waals surface area contributed by atoms with Gasteiger partial charge in [-0.05, 0) is 77.6 Å². The largest absolute Gasteiger partial charge is 0.872 e. The number of phenolic OH excluding ortho intramolecular Hbond substituents is 2. The number of hydrogen-bond donors (Lipinski definition) is 2. The van der Waals surface area contributed by atoms with Crippen LogP contribution in [0.4, 0.5) is 5.69 Å². The summed E-state index contributed by atoms with van der Waals surface area (Å²) < 4.78 is 2.51. The average Bonchev–Trinajstić information content (AvgIpc) is 3.37. The van der Waals surface area contributed by atoms with E-state index in [2.05, 4.69) is 72.4 Å². The average molecular weight is 937 g/mol. The molecule has 5 aromatic carbocycles. The molecule has 0 bridgehead atoms. The van der Waals surface area contributed by atoms with Crippen LogP contribution < -0.4 is 10.0 Å². The molecule has 7 nitrogen and oxygen atoms in total. The van der Waals surface area contributed by atoms with Crippen LogP contribution in [0, 0.1) is 17.9 Å². The molecule has 2 aliphatic rings. The van der Waals surface area contributed by atoms with E-state index in [0.29, 0.717) is 22.1 Å². The third-order valence-corrected chi connectivity index (χ3v) is 14.7. The zero-order valence-corrected chi connectivity index (χ0v) is 42.6. The van der Waals surface area contributed by atoms with Gasteiger partial charge in [-0.15, -0.1) is 0 Å². The van der Waals surface area contributed by atoms with Gasteiger partial charge in [-0.3, -0.25) is 0 Å². The van der Waals surface area contributed by atoms with Crippen LogP contribution >= 0.6 is 0 Å². The summed E-state index contributed by atoms with van der Waals surface area (Å²) in [6, 6.07) is 29.7. The van der Waals surface area contributed by atoms with Gasteiger partial charge in [-0.2, -0.15) is 0 Å². The molecule has 70 heavy (non-hydrogen) atoms. The summed E-state index contributed by atoms with van der Waals surface area (Å²) in [6.45, 7) is 20.9. The molecule has 0 aromatic heterocycles. The number of rotatable bonds is 26. The molecule has 0 heterocycles. The van der Waals surface area contributed by atoms with Crippen molar-refractivity contribution in [1.29, 1.82) is 5.26 Å². The summed E-state index contributed by atoms with van der Waals surface area (Å²) in [7, 11) is 0. The summed E-state index contributed by atoms with van der Waals surface area (Å²) in [4.78, 5) is 6.33. The molecule has 7 heteroatoms. The SMILES string of the molecule is [C-]#[N+]/C(C#N)=C1C(c2c3ccccc3c(N(CCCCCCC)CCCCCCC)c3cccc(O)c23)=C([O-])C/1=C1\c2ccccc2C(=[N+](CCCCCCC)CCCCCCC)c2cccc(O)c21. The van der Waals surface area contributed by atoms with Crippen molar-refractivity contribution in [3.63, 3.8) is 0 Å². The fourth-order valence-electron chi connectivity index (χ4n) is 11.1. The second kappa shape index (κ2) is 25.5. The third-order valence-electron chi connectivity index (χ3n) is 14.7. The van der Waals surface area contributed by atoms with Crippen molar-refractivity contribution in [2.45, 2.75) is 156 Å². The summed E-state index contributed by atoms with van der Waals surface area (Å²) in [6.07, 6.45) is 23.1. The third kappa shape index (κ3) is 11.0. The van der Waals surface area contributed by atoms with E-state index < -0.39 is 0 Å². The van der Waals surface area contributed by atoms with Crippen LogP contribution in [0.3, 0.4) is 0 Å². The first kappa shape index (κ1) is 51.5. The van der Waals surface area contributed by atoms with Crippen LogP contribution in [0.25, 0.3) is 37.5 Å². The topological polar surface area (TPSA) is 97.9 Å². The van der Waals surface area contributed by atoms with Crippen LogP contribution in [0.5, 0.6) is 11.5 Å². The van der Waals surface area contributed by atoms with Crippen molar-refractivity contribution < 1.29 is 19.9 Å². The van der Waals surface area contributed by atoms with E-state index in [4.69, 9.17) is 6.57 Å². The Balaban J connectivity index is 1.48. The van der Waals surface area contributed by atoms with Gasteiger partial charge in [0.1, 0.15) is 24.6 Å². The molecule has 366 valence electrons. The van der Waals surface area contributed by atoms with Gasteiger partial charge in [0.15, 0.2) is 0 Å². The lowest BCUT2D eigenvalue weighted by atomic mass is 9.69. The summed E-state index contributed by atoms with van der Waals surface area (Å²) in [5.74, 6) is -0.229. The van der Waals surface area contributed by atoms with Crippen molar-refractivity contribution >= 4 is 44.1 Å². The van der Waals surface area contributed by atoms with E-state index in [1.54, 1.807) is 12.1 Å².